The molecule has 1 aromatic carbocycles. The summed E-state index contributed by atoms with van der Waals surface area (Å²) in [4.78, 5) is 37.3. The monoisotopic (exact) mass is 408 g/mol. The summed E-state index contributed by atoms with van der Waals surface area (Å²) in [5.41, 5.74) is 1.22. The standard InChI is InChI=1S/C23H28N4O3/c1-3-20-24-13-19(14-25-20)21(28)26-11-9-23(10-12-26)16-27(22(29)30-23)15-17(2)18-7-5-4-6-8-18/h4-8,13-14,17H,3,9-12,15-16H2,1-2H3/t17-/m0/s1. The molecule has 0 radical (unpaired) electrons. The Bertz CT molecular complexity index is 892. The van der Waals surface area contributed by atoms with Crippen molar-refractivity contribution in [3.05, 3.63) is 59.7 Å². The third-order valence-electron chi connectivity index (χ3n) is 6.13. The Kier molecular flexibility index (Phi) is 5.70. The Morgan fingerprint density at radius 1 is 1.17 bits per heavy atom. The van der Waals surface area contributed by atoms with E-state index in [9.17, 15) is 9.59 Å². The molecule has 1 spiro atoms. The molecule has 2 aromatic rings. The molecule has 0 N–H and O–H groups in total. The fraction of sp³-hybridized carbons (Fsp3) is 0.478. The van der Waals surface area contributed by atoms with Crippen LogP contribution in [0.5, 0.6) is 0 Å². The number of amides is 2. The average molecular weight is 409 g/mol. The Balaban J connectivity index is 1.34. The predicted molar refractivity (Wildman–Crippen MR) is 112 cm³/mol. The topological polar surface area (TPSA) is 75.6 Å². The van der Waals surface area contributed by atoms with Crippen LogP contribution in [-0.2, 0) is 11.2 Å². The maximum Gasteiger partial charge on any atom is 0.410 e. The molecule has 0 bridgehead atoms. The molecule has 0 aliphatic carbocycles. The lowest BCUT2D eigenvalue weighted by Gasteiger charge is -2.37. The van der Waals surface area contributed by atoms with E-state index in [4.69, 9.17) is 4.74 Å². The molecule has 2 aliphatic rings. The van der Waals surface area contributed by atoms with E-state index in [-0.39, 0.29) is 17.9 Å². The number of hydrogen-bond donors (Lipinski definition) is 0. The maximum absolute atomic E-state index is 12.8. The van der Waals surface area contributed by atoms with Crippen molar-refractivity contribution in [2.45, 2.75) is 44.6 Å². The van der Waals surface area contributed by atoms with E-state index in [0.29, 0.717) is 44.6 Å². The molecule has 3 heterocycles. The molecule has 1 aromatic heterocycles. The van der Waals surface area contributed by atoms with Crippen LogP contribution in [0.1, 0.15) is 54.4 Å². The van der Waals surface area contributed by atoms with Crippen LogP contribution in [0.15, 0.2) is 42.7 Å². The van der Waals surface area contributed by atoms with Gasteiger partial charge in [0.2, 0.25) is 0 Å². The van der Waals surface area contributed by atoms with Crippen molar-refractivity contribution >= 4 is 12.0 Å². The zero-order valence-electron chi connectivity index (χ0n) is 17.6. The molecule has 2 saturated heterocycles. The molecule has 0 unspecified atom stereocenters. The zero-order chi connectivity index (χ0) is 21.1. The van der Waals surface area contributed by atoms with E-state index in [2.05, 4.69) is 29.0 Å². The Morgan fingerprint density at radius 2 is 1.83 bits per heavy atom. The molecule has 2 aliphatic heterocycles. The molecule has 7 heteroatoms. The SMILES string of the molecule is CCc1ncc(C(=O)N2CCC3(CC2)CN(C[C@H](C)c2ccccc2)C(=O)O3)cn1. The molecule has 2 fully saturated rings. The summed E-state index contributed by atoms with van der Waals surface area (Å²) >= 11 is 0. The summed E-state index contributed by atoms with van der Waals surface area (Å²) in [7, 11) is 0. The van der Waals surface area contributed by atoms with E-state index in [1.165, 1.54) is 5.56 Å². The van der Waals surface area contributed by atoms with Crippen LogP contribution in [-0.4, -0.2) is 63.5 Å². The lowest BCUT2D eigenvalue weighted by atomic mass is 9.90. The van der Waals surface area contributed by atoms with Crippen molar-refractivity contribution < 1.29 is 14.3 Å². The smallest absolute Gasteiger partial charge is 0.410 e. The molecule has 4 rings (SSSR count). The van der Waals surface area contributed by atoms with Crippen molar-refractivity contribution in [1.29, 1.82) is 0 Å². The summed E-state index contributed by atoms with van der Waals surface area (Å²) in [5, 5.41) is 0. The summed E-state index contributed by atoms with van der Waals surface area (Å²) in [6.45, 7) is 6.44. The van der Waals surface area contributed by atoms with Gasteiger partial charge in [-0.25, -0.2) is 14.8 Å². The molecule has 30 heavy (non-hydrogen) atoms. The minimum Gasteiger partial charge on any atom is -0.441 e. The van der Waals surface area contributed by atoms with Crippen molar-refractivity contribution in [2.24, 2.45) is 0 Å². The average Bonchev–Trinajstić information content (AvgIpc) is 3.08. The van der Waals surface area contributed by atoms with Gasteiger partial charge in [0.25, 0.3) is 5.91 Å². The van der Waals surface area contributed by atoms with Crippen LogP contribution < -0.4 is 0 Å². The molecule has 2 amide bonds. The molecule has 0 saturated carbocycles. The first-order valence-corrected chi connectivity index (χ1v) is 10.6. The summed E-state index contributed by atoms with van der Waals surface area (Å²) in [6, 6.07) is 10.2. The van der Waals surface area contributed by atoms with Crippen LogP contribution in [0, 0.1) is 0 Å². The van der Waals surface area contributed by atoms with Gasteiger partial charge in [0.15, 0.2) is 0 Å². The van der Waals surface area contributed by atoms with Gasteiger partial charge in [0.05, 0.1) is 12.1 Å². The Morgan fingerprint density at radius 3 is 2.47 bits per heavy atom. The van der Waals surface area contributed by atoms with Gasteiger partial charge in [-0.05, 0) is 11.5 Å². The number of nitrogens with zero attached hydrogens (tertiary/aromatic N) is 4. The third kappa shape index (κ3) is 4.15. The number of benzene rings is 1. The van der Waals surface area contributed by atoms with Crippen molar-refractivity contribution in [3.8, 4) is 0 Å². The molecular weight excluding hydrogens is 380 g/mol. The van der Waals surface area contributed by atoms with Crippen LogP contribution in [0.2, 0.25) is 0 Å². The lowest BCUT2D eigenvalue weighted by molar-refractivity contribution is 0.00311. The van der Waals surface area contributed by atoms with Gasteiger partial charge in [-0.1, -0.05) is 44.2 Å². The first-order valence-electron chi connectivity index (χ1n) is 10.6. The minimum absolute atomic E-state index is 0.0635. The van der Waals surface area contributed by atoms with Crippen molar-refractivity contribution in [1.82, 2.24) is 19.8 Å². The normalized spacial score (nSPS) is 19.1. The fourth-order valence-corrected chi connectivity index (χ4v) is 4.26. The van der Waals surface area contributed by atoms with Gasteiger partial charge in [0.1, 0.15) is 11.4 Å². The van der Waals surface area contributed by atoms with Crippen molar-refractivity contribution in [2.75, 3.05) is 26.2 Å². The van der Waals surface area contributed by atoms with Crippen LogP contribution in [0.3, 0.4) is 0 Å². The van der Waals surface area contributed by atoms with E-state index < -0.39 is 5.60 Å². The van der Waals surface area contributed by atoms with Gasteiger partial charge in [-0.15, -0.1) is 0 Å². The molecule has 158 valence electrons. The van der Waals surface area contributed by atoms with Crippen LogP contribution >= 0.6 is 0 Å². The number of ether oxygens (including phenoxy) is 1. The lowest BCUT2D eigenvalue weighted by Crippen LogP contribution is -2.48. The summed E-state index contributed by atoms with van der Waals surface area (Å²) in [6.07, 6.45) is 4.98. The zero-order valence-corrected chi connectivity index (χ0v) is 17.6. The highest BCUT2D eigenvalue weighted by Crippen LogP contribution is 2.34. The summed E-state index contributed by atoms with van der Waals surface area (Å²) in [5.74, 6) is 0.903. The number of aromatic nitrogens is 2. The van der Waals surface area contributed by atoms with Gasteiger partial charge < -0.3 is 14.5 Å². The first kappa shape index (κ1) is 20.3. The maximum atomic E-state index is 12.8. The third-order valence-corrected chi connectivity index (χ3v) is 6.13. The Hall–Kier alpha value is -2.96. The second-order valence-electron chi connectivity index (χ2n) is 8.28. The van der Waals surface area contributed by atoms with Crippen molar-refractivity contribution in [3.63, 3.8) is 0 Å². The largest absolute Gasteiger partial charge is 0.441 e. The van der Waals surface area contributed by atoms with E-state index >= 15 is 0 Å². The highest BCUT2D eigenvalue weighted by molar-refractivity contribution is 5.93. The first-order chi connectivity index (χ1) is 14.5. The highest BCUT2D eigenvalue weighted by atomic mass is 16.6. The predicted octanol–water partition coefficient (Wildman–Crippen LogP) is 3.27. The second kappa shape index (κ2) is 8.42. The van der Waals surface area contributed by atoms with Gasteiger partial charge in [-0.2, -0.15) is 0 Å². The number of likely N-dealkylation sites (tertiary alicyclic amines) is 1. The molecular formula is C23H28N4O3. The second-order valence-corrected chi connectivity index (χ2v) is 8.28. The Labute approximate surface area is 177 Å². The van der Waals surface area contributed by atoms with Gasteiger partial charge in [-0.3, -0.25) is 4.79 Å². The fourth-order valence-electron chi connectivity index (χ4n) is 4.26. The minimum atomic E-state index is -0.493. The van der Waals surface area contributed by atoms with Gasteiger partial charge in [0, 0.05) is 51.3 Å². The molecule has 1 atom stereocenters. The number of carbonyl (C=O) groups excluding carboxylic acids is 2. The molecule has 7 nitrogen and oxygen atoms in total. The quantitative estimate of drug-likeness (QED) is 0.759. The van der Waals surface area contributed by atoms with E-state index in [1.807, 2.05) is 30.0 Å². The van der Waals surface area contributed by atoms with E-state index in [1.54, 1.807) is 17.3 Å². The summed E-state index contributed by atoms with van der Waals surface area (Å²) < 4.78 is 5.83. The van der Waals surface area contributed by atoms with E-state index in [0.717, 1.165) is 12.2 Å². The number of piperidine rings is 1. The van der Waals surface area contributed by atoms with Crippen LogP contribution in [0.4, 0.5) is 4.79 Å². The number of rotatable bonds is 5. The van der Waals surface area contributed by atoms with Gasteiger partial charge >= 0.3 is 6.09 Å². The number of carbonyl (C=O) groups is 2. The van der Waals surface area contributed by atoms with Crippen LogP contribution in [0.25, 0.3) is 0 Å². The number of aryl methyl sites for hydroxylation is 1. The highest BCUT2D eigenvalue weighted by Gasteiger charge is 2.47. The number of hydrogen-bond acceptors (Lipinski definition) is 5.